The number of carbonyl (C=O) groups is 2. The Morgan fingerprint density at radius 2 is 1.88 bits per heavy atom. The van der Waals surface area contributed by atoms with Crippen molar-refractivity contribution in [1.82, 2.24) is 24.7 Å². The molecule has 8 heteroatoms. The van der Waals surface area contributed by atoms with Gasteiger partial charge < -0.3 is 19.7 Å². The maximum absolute atomic E-state index is 12.5. The number of pyridine rings is 1. The molecule has 0 saturated carbocycles. The Hall–Kier alpha value is -4.17. The minimum Gasteiger partial charge on any atom is -0.388 e. The lowest BCUT2D eigenvalue weighted by Gasteiger charge is -2.28. The zero-order valence-corrected chi connectivity index (χ0v) is 24.7. The molecule has 0 spiro atoms. The van der Waals surface area contributed by atoms with Crippen molar-refractivity contribution in [2.45, 2.75) is 26.8 Å². The lowest BCUT2D eigenvalue weighted by atomic mass is 9.90. The number of hydrogen-bond acceptors (Lipinski definition) is 6. The van der Waals surface area contributed by atoms with E-state index in [2.05, 4.69) is 52.8 Å². The van der Waals surface area contributed by atoms with Crippen LogP contribution in [0.15, 0.2) is 60.6 Å². The summed E-state index contributed by atoms with van der Waals surface area (Å²) in [5.41, 5.74) is 9.61. The first-order chi connectivity index (χ1) is 19.1. The number of carbonyl (C=O) groups excluding carboxylic acids is 2. The van der Waals surface area contributed by atoms with Crippen LogP contribution in [0.25, 0.3) is 16.6 Å². The molecule has 1 N–H and O–H groups in total. The van der Waals surface area contributed by atoms with E-state index in [4.69, 9.17) is 0 Å². The van der Waals surface area contributed by atoms with Crippen molar-refractivity contribution in [3.63, 3.8) is 0 Å². The fourth-order valence-electron chi connectivity index (χ4n) is 5.45. The third-order valence-electron chi connectivity index (χ3n) is 7.59. The number of fused-ring (bicyclic) bond motifs is 1. The topological polar surface area (TPSA) is 73.7 Å². The first-order valence-electron chi connectivity index (χ1n) is 13.6. The van der Waals surface area contributed by atoms with Gasteiger partial charge in [0.25, 0.3) is 5.91 Å². The maximum atomic E-state index is 12.5. The van der Waals surface area contributed by atoms with Gasteiger partial charge in [-0.15, -0.1) is 0 Å². The Balaban J connectivity index is 1.52. The van der Waals surface area contributed by atoms with E-state index in [1.807, 2.05) is 48.6 Å². The number of benzene rings is 1. The number of rotatable bonds is 9. The molecular formula is C32H40N6O2. The fraction of sp³-hybridized carbons (Fsp3) is 0.344. The van der Waals surface area contributed by atoms with Crippen molar-refractivity contribution < 1.29 is 9.59 Å². The lowest BCUT2D eigenvalue weighted by Crippen LogP contribution is -2.29. The summed E-state index contributed by atoms with van der Waals surface area (Å²) in [6, 6.07) is 8.28. The van der Waals surface area contributed by atoms with Crippen LogP contribution in [0.5, 0.6) is 0 Å². The van der Waals surface area contributed by atoms with Gasteiger partial charge in [-0.05, 0) is 72.9 Å². The zero-order chi connectivity index (χ0) is 29.0. The number of amides is 1. The fourth-order valence-corrected chi connectivity index (χ4v) is 5.45. The summed E-state index contributed by atoms with van der Waals surface area (Å²) in [7, 11) is 9.44. The number of allylic oxidation sites excluding steroid dienone is 2. The smallest absolute Gasteiger partial charge is 0.253 e. The summed E-state index contributed by atoms with van der Waals surface area (Å²) >= 11 is 0. The molecule has 8 nitrogen and oxygen atoms in total. The predicted octanol–water partition coefficient (Wildman–Crippen LogP) is 4.43. The molecule has 210 valence electrons. The van der Waals surface area contributed by atoms with Crippen molar-refractivity contribution >= 4 is 34.5 Å². The summed E-state index contributed by atoms with van der Waals surface area (Å²) in [5.74, 6) is 0.0359. The van der Waals surface area contributed by atoms with E-state index in [-0.39, 0.29) is 5.91 Å². The third kappa shape index (κ3) is 6.02. The number of nitrogens with one attached hydrogen (secondary N) is 1. The Kier molecular flexibility index (Phi) is 8.90. The molecule has 2 aromatic heterocycles. The first kappa shape index (κ1) is 28.8. The van der Waals surface area contributed by atoms with Crippen LogP contribution in [-0.4, -0.2) is 72.8 Å². The van der Waals surface area contributed by atoms with Gasteiger partial charge >= 0.3 is 0 Å². The van der Waals surface area contributed by atoms with E-state index in [9.17, 15) is 9.59 Å². The molecule has 3 aromatic rings. The van der Waals surface area contributed by atoms with Gasteiger partial charge in [-0.3, -0.25) is 14.5 Å². The van der Waals surface area contributed by atoms with Crippen molar-refractivity contribution in [1.29, 1.82) is 0 Å². The average Bonchev–Trinajstić information content (AvgIpc) is 3.25. The monoisotopic (exact) mass is 540 g/mol. The van der Waals surface area contributed by atoms with Crippen LogP contribution < -0.4 is 10.2 Å². The average molecular weight is 541 g/mol. The Bertz CT molecular complexity index is 1490. The molecule has 0 fully saturated rings. The Morgan fingerprint density at radius 3 is 2.48 bits per heavy atom. The van der Waals surface area contributed by atoms with Crippen molar-refractivity contribution in [2.75, 3.05) is 46.2 Å². The SMILES string of the molecule is CNC(/C=C\N(C)c1ccnc2c1cc(CN1CC=C(c3c(C)cc(C(=O)N(C)C)cc3C)CC1)n2C)=C/C=O. The first-order valence-corrected chi connectivity index (χ1v) is 13.6. The summed E-state index contributed by atoms with van der Waals surface area (Å²) in [6.45, 7) is 6.87. The van der Waals surface area contributed by atoms with Crippen LogP contribution in [0.1, 0.15) is 39.2 Å². The van der Waals surface area contributed by atoms with Crippen molar-refractivity contribution in [3.05, 3.63) is 88.5 Å². The van der Waals surface area contributed by atoms with Gasteiger partial charge in [0.2, 0.25) is 0 Å². The number of aldehydes is 1. The molecule has 0 aliphatic carbocycles. The molecule has 1 aliphatic rings. The van der Waals surface area contributed by atoms with Crippen LogP contribution in [0.2, 0.25) is 0 Å². The summed E-state index contributed by atoms with van der Waals surface area (Å²) < 4.78 is 2.18. The lowest BCUT2D eigenvalue weighted by molar-refractivity contribution is -0.104. The molecular weight excluding hydrogens is 500 g/mol. The van der Waals surface area contributed by atoms with Gasteiger partial charge in [-0.25, -0.2) is 4.98 Å². The number of nitrogens with zero attached hydrogens (tertiary/aromatic N) is 5. The quantitative estimate of drug-likeness (QED) is 0.246. The Labute approximate surface area is 237 Å². The number of aromatic nitrogens is 2. The van der Waals surface area contributed by atoms with Gasteiger partial charge in [-0.1, -0.05) is 6.08 Å². The predicted molar refractivity (Wildman–Crippen MR) is 163 cm³/mol. The highest BCUT2D eigenvalue weighted by Gasteiger charge is 2.20. The number of likely N-dealkylation sites (N-methyl/N-ethyl adjacent to an activating group) is 1. The second kappa shape index (κ2) is 12.3. The van der Waals surface area contributed by atoms with Gasteiger partial charge in [-0.2, -0.15) is 0 Å². The van der Waals surface area contributed by atoms with E-state index < -0.39 is 0 Å². The summed E-state index contributed by atoms with van der Waals surface area (Å²) in [4.78, 5) is 34.1. The van der Waals surface area contributed by atoms with E-state index in [1.165, 1.54) is 22.9 Å². The van der Waals surface area contributed by atoms with Crippen LogP contribution >= 0.6 is 0 Å². The van der Waals surface area contributed by atoms with Crippen molar-refractivity contribution in [2.24, 2.45) is 7.05 Å². The van der Waals surface area contributed by atoms with Crippen LogP contribution in [0, 0.1) is 13.8 Å². The highest BCUT2D eigenvalue weighted by atomic mass is 16.2. The minimum absolute atomic E-state index is 0.0359. The van der Waals surface area contributed by atoms with Crippen molar-refractivity contribution in [3.8, 4) is 0 Å². The van der Waals surface area contributed by atoms with Gasteiger partial charge in [0.1, 0.15) is 11.9 Å². The molecule has 1 aliphatic heterocycles. The molecule has 0 atom stereocenters. The minimum atomic E-state index is 0.0359. The summed E-state index contributed by atoms with van der Waals surface area (Å²) in [6.07, 6.45) is 11.2. The van der Waals surface area contributed by atoms with Gasteiger partial charge in [0.15, 0.2) is 0 Å². The van der Waals surface area contributed by atoms with Crippen LogP contribution in [0.4, 0.5) is 5.69 Å². The highest BCUT2D eigenvalue weighted by Crippen LogP contribution is 2.31. The highest BCUT2D eigenvalue weighted by molar-refractivity contribution is 5.95. The molecule has 1 aromatic carbocycles. The standard InChI is InChI=1S/C32H40N6O2/c1-22-18-25(32(40)35(4)5)19-23(2)30(22)24-9-15-38(16-10-24)21-27-20-28-29(8-13-34-31(28)37(27)7)36(6)14-11-26(33-3)12-17-39/h8-9,11-14,17-20,33H,10,15-16,21H2,1-7H3/b14-11-,26-12+. The van der Waals surface area contributed by atoms with E-state index in [1.54, 1.807) is 26.0 Å². The number of aryl methyl sites for hydroxylation is 3. The summed E-state index contributed by atoms with van der Waals surface area (Å²) in [5, 5.41) is 4.10. The molecule has 4 rings (SSSR count). The van der Waals surface area contributed by atoms with E-state index in [0.717, 1.165) is 71.4 Å². The van der Waals surface area contributed by atoms with Crippen LogP contribution in [0.3, 0.4) is 0 Å². The molecule has 0 bridgehead atoms. The Morgan fingerprint density at radius 1 is 1.15 bits per heavy atom. The second-order valence-electron chi connectivity index (χ2n) is 10.6. The normalized spacial score (nSPS) is 14.5. The third-order valence-corrected chi connectivity index (χ3v) is 7.59. The number of hydrogen-bond donors (Lipinski definition) is 1. The maximum Gasteiger partial charge on any atom is 0.253 e. The molecule has 0 unspecified atom stereocenters. The second-order valence-corrected chi connectivity index (χ2v) is 10.6. The molecule has 3 heterocycles. The van der Waals surface area contributed by atoms with Crippen LogP contribution in [-0.2, 0) is 18.4 Å². The van der Waals surface area contributed by atoms with Gasteiger partial charge in [0.05, 0.1) is 5.69 Å². The largest absolute Gasteiger partial charge is 0.388 e. The molecule has 1 amide bonds. The molecule has 0 saturated heterocycles. The van der Waals surface area contributed by atoms with E-state index >= 15 is 0 Å². The van der Waals surface area contributed by atoms with Gasteiger partial charge in [0, 0.05) is 95.7 Å². The molecule has 0 radical (unpaired) electrons. The number of anilines is 1. The zero-order valence-electron chi connectivity index (χ0n) is 24.7. The van der Waals surface area contributed by atoms with E-state index in [0.29, 0.717) is 0 Å². The molecule has 40 heavy (non-hydrogen) atoms.